The molecule has 0 saturated carbocycles. The molecule has 1 N–H and O–H groups in total. The van der Waals surface area contributed by atoms with Crippen LogP contribution < -0.4 is 10.1 Å². The van der Waals surface area contributed by atoms with Crippen molar-refractivity contribution in [3.05, 3.63) is 40.8 Å². The quantitative estimate of drug-likeness (QED) is 0.840. The summed E-state index contributed by atoms with van der Waals surface area (Å²) < 4.78 is 5.80. The van der Waals surface area contributed by atoms with Crippen LogP contribution in [-0.2, 0) is 11.4 Å². The van der Waals surface area contributed by atoms with Crippen molar-refractivity contribution >= 4 is 23.2 Å². The molecule has 0 aliphatic carbocycles. The van der Waals surface area contributed by atoms with E-state index in [-0.39, 0.29) is 11.8 Å². The lowest BCUT2D eigenvalue weighted by molar-refractivity contribution is -0.122. The number of carbonyl (C=O) groups is 2. The number of hydrogen-bond donors (Lipinski definition) is 1. The number of ether oxygens (including phenoxy) is 1. The van der Waals surface area contributed by atoms with E-state index < -0.39 is 0 Å². The van der Waals surface area contributed by atoms with Crippen molar-refractivity contribution in [3.8, 4) is 16.2 Å². The van der Waals surface area contributed by atoms with Crippen molar-refractivity contribution in [1.82, 2.24) is 15.1 Å². The van der Waals surface area contributed by atoms with Crippen LogP contribution in [0, 0.1) is 0 Å². The van der Waals surface area contributed by atoms with Gasteiger partial charge in [0.2, 0.25) is 5.91 Å². The van der Waals surface area contributed by atoms with Crippen molar-refractivity contribution in [2.24, 2.45) is 0 Å². The lowest BCUT2D eigenvalue weighted by Gasteiger charge is -2.34. The second-order valence-corrected chi connectivity index (χ2v) is 8.22. The number of piperazine rings is 1. The van der Waals surface area contributed by atoms with Crippen molar-refractivity contribution in [3.63, 3.8) is 0 Å². The van der Waals surface area contributed by atoms with Gasteiger partial charge in [-0.15, -0.1) is 11.3 Å². The molecule has 28 heavy (non-hydrogen) atoms. The number of nitrogens with zero attached hydrogens (tertiary/aromatic N) is 2. The highest BCUT2D eigenvalue weighted by Crippen LogP contribution is 2.42. The van der Waals surface area contributed by atoms with E-state index >= 15 is 0 Å². The van der Waals surface area contributed by atoms with Gasteiger partial charge in [0.05, 0.1) is 11.4 Å². The molecule has 1 aromatic heterocycles. The van der Waals surface area contributed by atoms with Gasteiger partial charge in [-0.05, 0) is 24.6 Å². The van der Waals surface area contributed by atoms with E-state index in [1.807, 2.05) is 42.2 Å². The van der Waals surface area contributed by atoms with Crippen LogP contribution in [0.4, 0.5) is 0 Å². The zero-order valence-electron chi connectivity index (χ0n) is 16.1. The van der Waals surface area contributed by atoms with Crippen LogP contribution in [0.25, 0.3) is 10.4 Å². The Kier molecular flexibility index (Phi) is 5.64. The van der Waals surface area contributed by atoms with Gasteiger partial charge in [0, 0.05) is 48.7 Å². The molecule has 1 fully saturated rings. The zero-order chi connectivity index (χ0) is 19.5. The summed E-state index contributed by atoms with van der Waals surface area (Å²) in [6.07, 6.45) is 0.939. The van der Waals surface area contributed by atoms with E-state index in [4.69, 9.17) is 4.74 Å². The summed E-state index contributed by atoms with van der Waals surface area (Å²) >= 11 is 1.55. The first kappa shape index (κ1) is 19.0. The Labute approximate surface area is 169 Å². The Bertz CT molecular complexity index is 872. The normalized spacial score (nSPS) is 16.1. The van der Waals surface area contributed by atoms with Crippen LogP contribution in [0.15, 0.2) is 30.3 Å². The van der Waals surface area contributed by atoms with E-state index in [0.717, 1.165) is 46.1 Å². The third kappa shape index (κ3) is 3.91. The van der Waals surface area contributed by atoms with E-state index in [1.54, 1.807) is 11.3 Å². The Morgan fingerprint density at radius 2 is 1.96 bits per heavy atom. The van der Waals surface area contributed by atoms with Crippen molar-refractivity contribution < 1.29 is 14.3 Å². The molecule has 0 bridgehead atoms. The molecule has 3 heterocycles. The number of thiophene rings is 1. The van der Waals surface area contributed by atoms with Gasteiger partial charge in [-0.3, -0.25) is 14.5 Å². The highest BCUT2D eigenvalue weighted by Gasteiger charge is 2.27. The highest BCUT2D eigenvalue weighted by atomic mass is 32.1. The Hall–Kier alpha value is -2.38. The molecule has 1 saturated heterocycles. The number of amides is 2. The van der Waals surface area contributed by atoms with Crippen LogP contribution in [0.5, 0.6) is 5.75 Å². The molecule has 0 atom stereocenters. The minimum absolute atomic E-state index is 0.0613. The predicted molar refractivity (Wildman–Crippen MR) is 110 cm³/mol. The first-order chi connectivity index (χ1) is 13.7. The maximum absolute atomic E-state index is 13.0. The average Bonchev–Trinajstić information content (AvgIpc) is 3.17. The standard InChI is InChI=1S/C21H25N3O3S/c1-2-7-22-19(25)13-23-8-10-24(11-9-23)21(26)18-12-15-14-27-17-6-4-3-5-16(17)20(15)28-18/h3-6,12H,2,7-11,13-14H2,1H3,(H,22,25). The SMILES string of the molecule is CCCNC(=O)CN1CCN(C(=O)c2cc3c(s2)-c2ccccc2OC3)CC1. The first-order valence-electron chi connectivity index (χ1n) is 9.79. The molecule has 2 aliphatic heterocycles. The fraction of sp³-hybridized carbons (Fsp3) is 0.429. The zero-order valence-corrected chi connectivity index (χ0v) is 16.9. The largest absolute Gasteiger partial charge is 0.488 e. The third-order valence-corrected chi connectivity index (χ3v) is 6.33. The smallest absolute Gasteiger partial charge is 0.264 e. The van der Waals surface area contributed by atoms with Crippen LogP contribution in [0.3, 0.4) is 0 Å². The molecule has 2 amide bonds. The number of fused-ring (bicyclic) bond motifs is 3. The molecule has 1 aromatic carbocycles. The van der Waals surface area contributed by atoms with Crippen molar-refractivity contribution in [2.75, 3.05) is 39.3 Å². The maximum Gasteiger partial charge on any atom is 0.264 e. The molecule has 4 rings (SSSR count). The molecule has 0 spiro atoms. The molecule has 0 unspecified atom stereocenters. The number of rotatable bonds is 5. The Morgan fingerprint density at radius 1 is 1.18 bits per heavy atom. The summed E-state index contributed by atoms with van der Waals surface area (Å²) in [5.41, 5.74) is 2.15. The van der Waals surface area contributed by atoms with Crippen LogP contribution >= 0.6 is 11.3 Å². The number of hydrogen-bond acceptors (Lipinski definition) is 5. The van der Waals surface area contributed by atoms with Gasteiger partial charge in [0.1, 0.15) is 12.4 Å². The molecule has 7 heteroatoms. The average molecular weight is 400 g/mol. The second kappa shape index (κ2) is 8.32. The molecule has 148 valence electrons. The lowest BCUT2D eigenvalue weighted by Crippen LogP contribution is -2.51. The summed E-state index contributed by atoms with van der Waals surface area (Å²) in [4.78, 5) is 30.8. The third-order valence-electron chi connectivity index (χ3n) is 5.13. The van der Waals surface area contributed by atoms with Crippen LogP contribution in [0.2, 0.25) is 0 Å². The number of benzene rings is 1. The van der Waals surface area contributed by atoms with Crippen LogP contribution in [0.1, 0.15) is 28.6 Å². The molecular formula is C21H25N3O3S. The molecule has 2 aromatic rings. The topological polar surface area (TPSA) is 61.9 Å². The summed E-state index contributed by atoms with van der Waals surface area (Å²) in [5, 5.41) is 2.90. The number of nitrogens with one attached hydrogen (secondary N) is 1. The predicted octanol–water partition coefficient (Wildman–Crippen LogP) is 2.59. The van der Waals surface area contributed by atoms with Gasteiger partial charge in [-0.1, -0.05) is 19.1 Å². The highest BCUT2D eigenvalue weighted by molar-refractivity contribution is 7.17. The van der Waals surface area contributed by atoms with E-state index in [1.165, 1.54) is 0 Å². The van der Waals surface area contributed by atoms with E-state index in [0.29, 0.717) is 32.8 Å². The van der Waals surface area contributed by atoms with Gasteiger partial charge in [-0.25, -0.2) is 0 Å². The molecule has 6 nitrogen and oxygen atoms in total. The second-order valence-electron chi connectivity index (χ2n) is 7.17. The van der Waals surface area contributed by atoms with E-state index in [9.17, 15) is 9.59 Å². The molecule has 2 aliphatic rings. The minimum atomic E-state index is 0.0613. The summed E-state index contributed by atoms with van der Waals surface area (Å²) in [6.45, 7) is 6.42. The maximum atomic E-state index is 13.0. The molecule has 0 radical (unpaired) electrons. The van der Waals surface area contributed by atoms with E-state index in [2.05, 4.69) is 10.2 Å². The van der Waals surface area contributed by atoms with Gasteiger partial charge < -0.3 is 15.0 Å². The Balaban J connectivity index is 1.38. The minimum Gasteiger partial charge on any atom is -0.488 e. The number of para-hydroxylation sites is 1. The van der Waals surface area contributed by atoms with Gasteiger partial charge in [0.25, 0.3) is 5.91 Å². The molecular weight excluding hydrogens is 374 g/mol. The van der Waals surface area contributed by atoms with Gasteiger partial charge in [-0.2, -0.15) is 0 Å². The summed E-state index contributed by atoms with van der Waals surface area (Å²) in [5.74, 6) is 1.02. The van der Waals surface area contributed by atoms with Gasteiger partial charge in [0.15, 0.2) is 0 Å². The Morgan fingerprint density at radius 3 is 2.75 bits per heavy atom. The van der Waals surface area contributed by atoms with Crippen LogP contribution in [-0.4, -0.2) is 60.9 Å². The fourth-order valence-corrected chi connectivity index (χ4v) is 4.76. The van der Waals surface area contributed by atoms with Crippen molar-refractivity contribution in [2.45, 2.75) is 20.0 Å². The van der Waals surface area contributed by atoms with Gasteiger partial charge >= 0.3 is 0 Å². The monoisotopic (exact) mass is 399 g/mol. The first-order valence-corrected chi connectivity index (χ1v) is 10.6. The summed E-state index contributed by atoms with van der Waals surface area (Å²) in [7, 11) is 0. The fourth-order valence-electron chi connectivity index (χ4n) is 3.59. The number of carbonyl (C=O) groups excluding carboxylic acids is 2. The summed E-state index contributed by atoms with van der Waals surface area (Å²) in [6, 6.07) is 9.94. The van der Waals surface area contributed by atoms with Crippen molar-refractivity contribution in [1.29, 1.82) is 0 Å². The lowest BCUT2D eigenvalue weighted by atomic mass is 10.1.